The maximum Gasteiger partial charge on any atom is 0.173 e. The highest BCUT2D eigenvalue weighted by Gasteiger charge is 2.17. The molecule has 0 saturated carbocycles. The molecule has 0 bridgehead atoms. The minimum Gasteiger partial charge on any atom is -0.240 e. The lowest BCUT2D eigenvalue weighted by Gasteiger charge is -2.08. The predicted molar refractivity (Wildman–Crippen MR) is 96.6 cm³/mol. The van der Waals surface area contributed by atoms with Gasteiger partial charge in [0.25, 0.3) is 0 Å². The second-order valence-electron chi connectivity index (χ2n) is 6.10. The van der Waals surface area contributed by atoms with Gasteiger partial charge in [-0.05, 0) is 11.5 Å². The van der Waals surface area contributed by atoms with Gasteiger partial charge in [0.1, 0.15) is 17.2 Å². The number of hydrogen-bond donors (Lipinski definition) is 0. The molecule has 4 heterocycles. The van der Waals surface area contributed by atoms with Gasteiger partial charge < -0.3 is 0 Å². The van der Waals surface area contributed by atoms with Crippen LogP contribution < -0.4 is 0 Å². The molecular weight excluding hydrogens is 340 g/mol. The summed E-state index contributed by atoms with van der Waals surface area (Å²) in [6, 6.07) is 0. The van der Waals surface area contributed by atoms with E-state index in [-0.39, 0.29) is 5.92 Å². The first-order valence-corrected chi connectivity index (χ1v) is 9.44. The molecule has 0 aliphatic carbocycles. The SMILES string of the molecule is CC(C)c1ncc2snc(CC(C)c3ncc4scnc4n3)c2n1. The van der Waals surface area contributed by atoms with Crippen LogP contribution in [0.3, 0.4) is 0 Å². The highest BCUT2D eigenvalue weighted by Crippen LogP contribution is 2.27. The van der Waals surface area contributed by atoms with Crippen molar-refractivity contribution in [2.24, 2.45) is 0 Å². The monoisotopic (exact) mass is 356 g/mol. The van der Waals surface area contributed by atoms with Crippen molar-refractivity contribution in [3.8, 4) is 0 Å². The Morgan fingerprint density at radius 3 is 2.58 bits per heavy atom. The van der Waals surface area contributed by atoms with Crippen molar-refractivity contribution < 1.29 is 0 Å². The van der Waals surface area contributed by atoms with E-state index in [2.05, 4.69) is 45.1 Å². The van der Waals surface area contributed by atoms with Crippen LogP contribution in [-0.2, 0) is 6.42 Å². The summed E-state index contributed by atoms with van der Waals surface area (Å²) >= 11 is 3.00. The molecule has 0 amide bonds. The number of nitrogens with zero attached hydrogens (tertiary/aromatic N) is 6. The summed E-state index contributed by atoms with van der Waals surface area (Å²) in [5, 5.41) is 0. The molecular formula is C16H16N6S2. The van der Waals surface area contributed by atoms with E-state index >= 15 is 0 Å². The lowest BCUT2D eigenvalue weighted by molar-refractivity contribution is 0.695. The zero-order valence-corrected chi connectivity index (χ0v) is 15.2. The third kappa shape index (κ3) is 2.76. The summed E-state index contributed by atoms with van der Waals surface area (Å²) in [5.41, 5.74) is 4.52. The van der Waals surface area contributed by atoms with E-state index in [1.165, 1.54) is 11.5 Å². The number of hydrogen-bond acceptors (Lipinski definition) is 8. The lowest BCUT2D eigenvalue weighted by atomic mass is 10.0. The molecule has 4 aromatic rings. The van der Waals surface area contributed by atoms with Gasteiger partial charge in [-0.2, -0.15) is 4.37 Å². The Morgan fingerprint density at radius 2 is 1.75 bits per heavy atom. The highest BCUT2D eigenvalue weighted by atomic mass is 32.1. The van der Waals surface area contributed by atoms with E-state index in [0.717, 1.165) is 44.3 Å². The van der Waals surface area contributed by atoms with Crippen molar-refractivity contribution in [3.05, 3.63) is 35.2 Å². The molecule has 0 fully saturated rings. The summed E-state index contributed by atoms with van der Waals surface area (Å²) in [4.78, 5) is 22.5. The third-order valence-corrected chi connectivity index (χ3v) is 5.43. The van der Waals surface area contributed by atoms with Crippen LogP contribution in [0, 0.1) is 0 Å². The molecule has 0 aromatic carbocycles. The van der Waals surface area contributed by atoms with E-state index < -0.39 is 0 Å². The molecule has 4 aromatic heterocycles. The Bertz CT molecular complexity index is 1010. The van der Waals surface area contributed by atoms with Gasteiger partial charge in [-0.1, -0.05) is 20.8 Å². The fraction of sp³-hybridized carbons (Fsp3) is 0.375. The Hall–Kier alpha value is -2.06. The average Bonchev–Trinajstić information content (AvgIpc) is 3.20. The van der Waals surface area contributed by atoms with Crippen molar-refractivity contribution in [2.45, 2.75) is 39.0 Å². The van der Waals surface area contributed by atoms with E-state index in [1.54, 1.807) is 16.8 Å². The first kappa shape index (κ1) is 15.5. The molecule has 1 atom stereocenters. The molecule has 0 aliphatic heterocycles. The van der Waals surface area contributed by atoms with Crippen LogP contribution >= 0.6 is 22.9 Å². The van der Waals surface area contributed by atoms with Crippen molar-refractivity contribution in [1.82, 2.24) is 29.3 Å². The minimum absolute atomic E-state index is 0.152. The van der Waals surface area contributed by atoms with Gasteiger partial charge >= 0.3 is 0 Å². The minimum atomic E-state index is 0.152. The van der Waals surface area contributed by atoms with Crippen molar-refractivity contribution in [1.29, 1.82) is 0 Å². The van der Waals surface area contributed by atoms with Crippen molar-refractivity contribution >= 4 is 43.4 Å². The quantitative estimate of drug-likeness (QED) is 0.551. The molecule has 6 nitrogen and oxygen atoms in total. The predicted octanol–water partition coefficient (Wildman–Crippen LogP) is 3.96. The van der Waals surface area contributed by atoms with Gasteiger partial charge in [0.05, 0.1) is 33.0 Å². The molecule has 8 heteroatoms. The highest BCUT2D eigenvalue weighted by molar-refractivity contribution is 7.16. The van der Waals surface area contributed by atoms with Crippen LogP contribution in [-0.4, -0.2) is 29.3 Å². The van der Waals surface area contributed by atoms with Crippen molar-refractivity contribution in [2.75, 3.05) is 0 Å². The third-order valence-electron chi connectivity index (χ3n) is 3.87. The normalized spacial score (nSPS) is 13.2. The molecule has 0 saturated heterocycles. The van der Waals surface area contributed by atoms with Gasteiger partial charge in [0, 0.05) is 18.3 Å². The van der Waals surface area contributed by atoms with Gasteiger partial charge in [-0.3, -0.25) is 0 Å². The number of fused-ring (bicyclic) bond motifs is 2. The molecule has 0 spiro atoms. The molecule has 0 aliphatic rings. The second kappa shape index (κ2) is 6.10. The second-order valence-corrected chi connectivity index (χ2v) is 7.79. The van der Waals surface area contributed by atoms with Gasteiger partial charge in [0.15, 0.2) is 5.65 Å². The summed E-state index contributed by atoms with van der Waals surface area (Å²) in [6.45, 7) is 6.31. The Labute approximate surface area is 147 Å². The van der Waals surface area contributed by atoms with E-state index in [0.29, 0.717) is 5.92 Å². The maximum atomic E-state index is 4.71. The first-order chi connectivity index (χ1) is 11.6. The zero-order chi connectivity index (χ0) is 16.7. The molecule has 1 unspecified atom stereocenters. The van der Waals surface area contributed by atoms with Crippen molar-refractivity contribution in [3.63, 3.8) is 0 Å². The zero-order valence-electron chi connectivity index (χ0n) is 13.6. The van der Waals surface area contributed by atoms with Gasteiger partial charge in [-0.25, -0.2) is 24.9 Å². The van der Waals surface area contributed by atoms with Crippen LogP contribution in [0.4, 0.5) is 0 Å². The van der Waals surface area contributed by atoms with Gasteiger partial charge in [-0.15, -0.1) is 11.3 Å². The average molecular weight is 356 g/mol. The first-order valence-electron chi connectivity index (χ1n) is 7.79. The van der Waals surface area contributed by atoms with Gasteiger partial charge in [0.2, 0.25) is 0 Å². The fourth-order valence-corrected chi connectivity index (χ4v) is 3.82. The topological polar surface area (TPSA) is 77.3 Å². The number of rotatable bonds is 4. The Kier molecular flexibility index (Phi) is 3.93. The van der Waals surface area contributed by atoms with Crippen LogP contribution in [0.2, 0.25) is 0 Å². The van der Waals surface area contributed by atoms with Crippen LogP contribution in [0.5, 0.6) is 0 Å². The van der Waals surface area contributed by atoms with Crippen LogP contribution in [0.25, 0.3) is 20.6 Å². The van der Waals surface area contributed by atoms with Crippen LogP contribution in [0.15, 0.2) is 17.9 Å². The summed E-state index contributed by atoms with van der Waals surface area (Å²) < 4.78 is 6.62. The lowest BCUT2D eigenvalue weighted by Crippen LogP contribution is -2.05. The molecule has 0 N–H and O–H groups in total. The molecule has 4 rings (SSSR count). The molecule has 122 valence electrons. The summed E-state index contributed by atoms with van der Waals surface area (Å²) in [5.74, 6) is 2.11. The van der Waals surface area contributed by atoms with E-state index in [9.17, 15) is 0 Å². The Morgan fingerprint density at radius 1 is 0.958 bits per heavy atom. The van der Waals surface area contributed by atoms with E-state index in [4.69, 9.17) is 4.98 Å². The number of aromatic nitrogens is 6. The summed E-state index contributed by atoms with van der Waals surface area (Å²) in [7, 11) is 0. The smallest absolute Gasteiger partial charge is 0.173 e. The molecule has 0 radical (unpaired) electrons. The molecule has 24 heavy (non-hydrogen) atoms. The van der Waals surface area contributed by atoms with Crippen LogP contribution in [0.1, 0.15) is 49.9 Å². The fourth-order valence-electron chi connectivity index (χ4n) is 2.52. The standard InChI is InChI=1S/C16H16N6S2/c1-8(2)14-17-5-11-13(20-14)10(22-24-11)4-9(3)15-18-6-12-16(21-15)19-7-23-12/h5-9H,4H2,1-3H3. The van der Waals surface area contributed by atoms with E-state index in [1.807, 2.05) is 12.4 Å². The largest absolute Gasteiger partial charge is 0.240 e. The number of thiazole rings is 1. The Balaban J connectivity index is 1.66. The summed E-state index contributed by atoms with van der Waals surface area (Å²) in [6.07, 6.45) is 4.48. The maximum absolute atomic E-state index is 4.71.